The first-order chi connectivity index (χ1) is 11.6. The van der Waals surface area contributed by atoms with Crippen LogP contribution in [0.2, 0.25) is 0 Å². The first-order valence-electron chi connectivity index (χ1n) is 8.09. The summed E-state index contributed by atoms with van der Waals surface area (Å²) in [6.45, 7) is 5.25. The van der Waals surface area contributed by atoms with Crippen molar-refractivity contribution in [2.45, 2.75) is 26.7 Å². The molecule has 24 heavy (non-hydrogen) atoms. The summed E-state index contributed by atoms with van der Waals surface area (Å²) >= 11 is 0. The van der Waals surface area contributed by atoms with Gasteiger partial charge in [0.1, 0.15) is 11.5 Å². The molecular formula is C19H22N2O3. The van der Waals surface area contributed by atoms with Crippen molar-refractivity contribution in [1.29, 1.82) is 0 Å². The van der Waals surface area contributed by atoms with Gasteiger partial charge in [-0.2, -0.15) is 0 Å². The summed E-state index contributed by atoms with van der Waals surface area (Å²) in [5.74, 6) is 1.28. The molecule has 0 fully saturated rings. The van der Waals surface area contributed by atoms with E-state index < -0.39 is 4.92 Å². The van der Waals surface area contributed by atoms with E-state index in [0.29, 0.717) is 11.5 Å². The predicted molar refractivity (Wildman–Crippen MR) is 96.7 cm³/mol. The minimum absolute atomic E-state index is 0.0542. The van der Waals surface area contributed by atoms with E-state index in [1.165, 1.54) is 18.6 Å². The molecule has 0 amide bonds. The topological polar surface area (TPSA) is 55.6 Å². The average molecular weight is 326 g/mol. The Morgan fingerprint density at radius 2 is 1.58 bits per heavy atom. The molecule has 2 aromatic rings. The van der Waals surface area contributed by atoms with E-state index in [1.807, 2.05) is 24.3 Å². The zero-order valence-corrected chi connectivity index (χ0v) is 14.0. The van der Waals surface area contributed by atoms with Crippen LogP contribution in [0.15, 0.2) is 60.8 Å². The third-order valence-corrected chi connectivity index (χ3v) is 3.27. The number of ether oxygens (including phenoxy) is 1. The molecule has 0 bridgehead atoms. The molecule has 1 aliphatic heterocycles. The molecule has 0 radical (unpaired) electrons. The van der Waals surface area contributed by atoms with Gasteiger partial charge in [0.15, 0.2) is 0 Å². The largest absolute Gasteiger partial charge is 0.457 e. The van der Waals surface area contributed by atoms with Gasteiger partial charge in [-0.25, -0.2) is 0 Å². The third-order valence-electron chi connectivity index (χ3n) is 3.27. The van der Waals surface area contributed by atoms with Crippen LogP contribution in [0.4, 0.5) is 11.4 Å². The molecule has 1 heterocycles. The number of hydrogen-bond acceptors (Lipinski definition) is 4. The minimum atomic E-state index is -0.428. The molecule has 0 aliphatic carbocycles. The van der Waals surface area contributed by atoms with Crippen LogP contribution in [0.3, 0.4) is 0 Å². The highest BCUT2D eigenvalue weighted by molar-refractivity contribution is 5.53. The zero-order chi connectivity index (χ0) is 17.4. The maximum Gasteiger partial charge on any atom is 0.269 e. The highest BCUT2D eigenvalue weighted by Gasteiger charge is 2.08. The summed E-state index contributed by atoms with van der Waals surface area (Å²) in [6.07, 6.45) is 6.54. The van der Waals surface area contributed by atoms with Gasteiger partial charge in [-0.15, -0.1) is 0 Å². The Hall–Kier alpha value is -2.82. The fourth-order valence-electron chi connectivity index (χ4n) is 2.18. The van der Waals surface area contributed by atoms with Crippen molar-refractivity contribution in [3.05, 3.63) is 70.9 Å². The lowest BCUT2D eigenvalue weighted by Gasteiger charge is -2.15. The molecule has 3 rings (SSSR count). The van der Waals surface area contributed by atoms with Crippen molar-refractivity contribution in [2.24, 2.45) is 0 Å². The van der Waals surface area contributed by atoms with Crippen molar-refractivity contribution in [3.63, 3.8) is 0 Å². The van der Waals surface area contributed by atoms with Gasteiger partial charge in [0.2, 0.25) is 0 Å². The fraction of sp³-hybridized carbons (Fsp3) is 0.263. The van der Waals surface area contributed by atoms with Crippen LogP contribution in [-0.4, -0.2) is 11.5 Å². The second-order valence-electron chi connectivity index (χ2n) is 5.42. The maximum absolute atomic E-state index is 10.6. The number of nitro benzene ring substituents is 1. The van der Waals surface area contributed by atoms with E-state index in [-0.39, 0.29) is 5.69 Å². The monoisotopic (exact) mass is 326 g/mol. The van der Waals surface area contributed by atoms with E-state index in [1.54, 1.807) is 12.1 Å². The van der Waals surface area contributed by atoms with Gasteiger partial charge < -0.3 is 9.64 Å². The van der Waals surface area contributed by atoms with E-state index in [4.69, 9.17) is 4.74 Å². The number of nitro groups is 1. The Kier molecular flexibility index (Phi) is 6.37. The fourth-order valence-corrected chi connectivity index (χ4v) is 2.18. The summed E-state index contributed by atoms with van der Waals surface area (Å²) in [6, 6.07) is 13.8. The van der Waals surface area contributed by atoms with Crippen LogP contribution >= 0.6 is 0 Å². The lowest BCUT2D eigenvalue weighted by atomic mass is 10.2. The molecular weight excluding hydrogens is 304 g/mol. The number of rotatable bonds is 4. The van der Waals surface area contributed by atoms with E-state index in [9.17, 15) is 10.1 Å². The molecule has 5 nitrogen and oxygen atoms in total. The van der Waals surface area contributed by atoms with Crippen LogP contribution in [0, 0.1) is 10.1 Å². The Labute approximate surface area is 142 Å². The SMILES string of the molecule is CCC.O=[N+]([O-])c1ccc(Oc2ccc(N3C=CCC3)cc2)cc1. The smallest absolute Gasteiger partial charge is 0.269 e. The molecule has 1 aliphatic rings. The molecule has 0 spiro atoms. The van der Waals surface area contributed by atoms with E-state index in [0.717, 1.165) is 18.7 Å². The van der Waals surface area contributed by atoms with Gasteiger partial charge in [0.05, 0.1) is 4.92 Å². The second kappa shape index (κ2) is 8.72. The summed E-state index contributed by atoms with van der Waals surface area (Å²) in [4.78, 5) is 12.3. The van der Waals surface area contributed by atoms with Gasteiger partial charge in [-0.1, -0.05) is 26.3 Å². The van der Waals surface area contributed by atoms with Crippen LogP contribution in [0.5, 0.6) is 11.5 Å². The zero-order valence-electron chi connectivity index (χ0n) is 14.0. The Morgan fingerprint density at radius 1 is 1.04 bits per heavy atom. The number of nitrogens with zero attached hydrogens (tertiary/aromatic N) is 2. The molecule has 2 aromatic carbocycles. The molecule has 0 N–H and O–H groups in total. The Morgan fingerprint density at radius 3 is 2.04 bits per heavy atom. The predicted octanol–water partition coefficient (Wildman–Crippen LogP) is 5.53. The van der Waals surface area contributed by atoms with Gasteiger partial charge >= 0.3 is 0 Å². The lowest BCUT2D eigenvalue weighted by molar-refractivity contribution is -0.384. The second-order valence-corrected chi connectivity index (χ2v) is 5.42. The van der Waals surface area contributed by atoms with Gasteiger partial charge in [-0.3, -0.25) is 10.1 Å². The van der Waals surface area contributed by atoms with E-state index >= 15 is 0 Å². The van der Waals surface area contributed by atoms with Gasteiger partial charge in [0, 0.05) is 30.6 Å². The standard InChI is InChI=1S/C16H14N2O3.C3H8/c19-18(20)14-5-9-16(10-6-14)21-15-7-3-13(4-8-15)17-11-1-2-12-17;1-3-2/h1,3-11H,2,12H2;3H2,1-2H3. The van der Waals surface area contributed by atoms with Crippen molar-refractivity contribution >= 4 is 11.4 Å². The number of hydrogen-bond donors (Lipinski definition) is 0. The molecule has 0 saturated carbocycles. The average Bonchev–Trinajstić information content (AvgIpc) is 3.11. The van der Waals surface area contributed by atoms with Crippen molar-refractivity contribution in [2.75, 3.05) is 11.4 Å². The quantitative estimate of drug-likeness (QED) is 0.548. The summed E-state index contributed by atoms with van der Waals surface area (Å²) in [7, 11) is 0. The number of non-ortho nitro benzene ring substituents is 1. The Bertz CT molecular complexity index is 679. The van der Waals surface area contributed by atoms with Crippen LogP contribution in [0.25, 0.3) is 0 Å². The first kappa shape index (κ1) is 17.5. The van der Waals surface area contributed by atoms with Crippen molar-refractivity contribution < 1.29 is 9.66 Å². The first-order valence-corrected chi connectivity index (χ1v) is 8.09. The molecule has 126 valence electrons. The van der Waals surface area contributed by atoms with Crippen molar-refractivity contribution in [1.82, 2.24) is 0 Å². The minimum Gasteiger partial charge on any atom is -0.457 e. The van der Waals surface area contributed by atoms with Crippen LogP contribution in [0.1, 0.15) is 26.7 Å². The van der Waals surface area contributed by atoms with Crippen LogP contribution in [-0.2, 0) is 0 Å². The lowest BCUT2D eigenvalue weighted by Crippen LogP contribution is -2.11. The van der Waals surface area contributed by atoms with Gasteiger partial charge in [-0.05, 0) is 42.8 Å². The number of benzene rings is 2. The Balaban J connectivity index is 0.000000647. The molecule has 5 heteroatoms. The summed E-state index contributed by atoms with van der Waals surface area (Å²) in [5, 5.41) is 10.6. The maximum atomic E-state index is 10.6. The van der Waals surface area contributed by atoms with E-state index in [2.05, 4.69) is 31.0 Å². The van der Waals surface area contributed by atoms with Crippen LogP contribution < -0.4 is 9.64 Å². The summed E-state index contributed by atoms with van der Waals surface area (Å²) < 4.78 is 5.67. The molecule has 0 saturated heterocycles. The molecule has 0 aromatic heterocycles. The highest BCUT2D eigenvalue weighted by Crippen LogP contribution is 2.27. The highest BCUT2D eigenvalue weighted by atomic mass is 16.6. The normalized spacial score (nSPS) is 12.5. The van der Waals surface area contributed by atoms with Gasteiger partial charge in [0.25, 0.3) is 5.69 Å². The van der Waals surface area contributed by atoms with Crippen molar-refractivity contribution in [3.8, 4) is 11.5 Å². The third kappa shape index (κ3) is 4.84. The molecule has 0 unspecified atom stereocenters. The summed E-state index contributed by atoms with van der Waals surface area (Å²) in [5.41, 5.74) is 1.18. The number of anilines is 1. The molecule has 0 atom stereocenters.